The van der Waals surface area contributed by atoms with Crippen LogP contribution in [0.25, 0.3) is 16.0 Å². The number of carbonyl (C=O) groups is 5. The number of pyridine rings is 1. The maximum Gasteiger partial charge on any atom is 0.253 e. The smallest absolute Gasteiger partial charge is 0.253 e. The van der Waals surface area contributed by atoms with Crippen LogP contribution in [0.2, 0.25) is 0 Å². The third kappa shape index (κ3) is 15.1. The minimum atomic E-state index is -0.983. The zero-order valence-corrected chi connectivity index (χ0v) is 46.6. The summed E-state index contributed by atoms with van der Waals surface area (Å²) in [5.74, 6) is -0.936. The van der Waals surface area contributed by atoms with Gasteiger partial charge in [0.15, 0.2) is 0 Å². The van der Waals surface area contributed by atoms with Gasteiger partial charge in [-0.2, -0.15) is 0 Å². The molecule has 2 saturated heterocycles. The Labute approximate surface area is 455 Å². The molecule has 7 rings (SSSR count). The van der Waals surface area contributed by atoms with Gasteiger partial charge in [-0.1, -0.05) is 81.8 Å². The number of amides is 5. The Balaban J connectivity index is 0.739. The monoisotopic (exact) mass is 1080 g/mol. The van der Waals surface area contributed by atoms with Crippen LogP contribution in [0.3, 0.4) is 0 Å². The number of nitrogens with zero attached hydrogens (tertiary/aromatic N) is 3. The Kier molecular flexibility index (Phi) is 20.5. The van der Waals surface area contributed by atoms with Crippen molar-refractivity contribution in [2.24, 2.45) is 17.3 Å². The van der Waals surface area contributed by atoms with Crippen molar-refractivity contribution in [1.29, 1.82) is 0 Å². The third-order valence-electron chi connectivity index (χ3n) is 15.0. The average molecular weight is 1080 g/mol. The van der Waals surface area contributed by atoms with Crippen molar-refractivity contribution >= 4 is 46.4 Å². The highest BCUT2D eigenvalue weighted by Gasteiger charge is 2.45. The van der Waals surface area contributed by atoms with E-state index in [1.54, 1.807) is 11.3 Å². The number of nitrogens with one attached hydrogen (secondary N) is 4. The Morgan fingerprint density at radius 2 is 1.51 bits per heavy atom. The maximum absolute atomic E-state index is 14.0. The largest absolute Gasteiger partial charge is 0.391 e. The number of aryl methyl sites for hydroxylation is 3. The van der Waals surface area contributed by atoms with E-state index in [9.17, 15) is 33.9 Å². The van der Waals surface area contributed by atoms with E-state index in [0.29, 0.717) is 36.8 Å². The van der Waals surface area contributed by atoms with Crippen molar-refractivity contribution in [1.82, 2.24) is 35.7 Å². The zero-order valence-electron chi connectivity index (χ0n) is 45.8. The van der Waals surface area contributed by atoms with Crippen LogP contribution in [0.4, 0.5) is 0 Å². The molecule has 0 saturated carbocycles. The SMILES string of the molecule is CC1=C(C(=O)NCc2c(C)cc(C)[nH]c2=O)c2ccccc2C1C(C)C1CCN(C(=O)COCCOCCOCCOCC(=O)N[C@H](C(=O)N2C[C@H](O)C[C@H]2C(=O)NCc2ccc(-c3scnc3C)cc2)C(C)(C)C)CC1. The average Bonchev–Trinajstić information content (AvgIpc) is 4.17. The van der Waals surface area contributed by atoms with Crippen molar-refractivity contribution in [3.8, 4) is 10.4 Å². The van der Waals surface area contributed by atoms with E-state index < -0.39 is 35.4 Å². The quantitative estimate of drug-likeness (QED) is 0.0559. The van der Waals surface area contributed by atoms with Gasteiger partial charge in [-0.05, 0) is 91.7 Å². The number of likely N-dealkylation sites (tertiary alicyclic amines) is 2. The molecule has 0 bridgehead atoms. The van der Waals surface area contributed by atoms with E-state index in [1.807, 2.05) is 107 Å². The first-order chi connectivity index (χ1) is 36.8. The van der Waals surface area contributed by atoms with Gasteiger partial charge in [0.1, 0.15) is 25.3 Å². The van der Waals surface area contributed by atoms with Gasteiger partial charge < -0.3 is 54.8 Å². The summed E-state index contributed by atoms with van der Waals surface area (Å²) >= 11 is 1.57. The highest BCUT2D eigenvalue weighted by molar-refractivity contribution is 7.13. The molecule has 2 aromatic heterocycles. The number of allylic oxidation sites excluding steroid dienone is 1. The lowest BCUT2D eigenvalue weighted by atomic mass is 9.74. The van der Waals surface area contributed by atoms with Crippen LogP contribution in [0.15, 0.2) is 70.5 Å². The lowest BCUT2D eigenvalue weighted by molar-refractivity contribution is -0.144. The van der Waals surface area contributed by atoms with Gasteiger partial charge in [-0.25, -0.2) is 4.98 Å². The maximum atomic E-state index is 14.0. The molecule has 2 aromatic carbocycles. The second kappa shape index (κ2) is 27.0. The third-order valence-corrected chi connectivity index (χ3v) is 16.0. The van der Waals surface area contributed by atoms with Gasteiger partial charge in [0.05, 0.1) is 61.8 Å². The number of hydrogen-bond donors (Lipinski definition) is 5. The molecule has 416 valence electrons. The number of H-pyrrole nitrogens is 1. The normalized spacial score (nSPS) is 18.5. The molecule has 77 heavy (non-hydrogen) atoms. The fourth-order valence-electron chi connectivity index (χ4n) is 10.8. The fourth-order valence-corrected chi connectivity index (χ4v) is 11.6. The summed E-state index contributed by atoms with van der Waals surface area (Å²) in [6, 6.07) is 15.9. The summed E-state index contributed by atoms with van der Waals surface area (Å²) in [6.07, 6.45) is 0.891. The first-order valence-corrected chi connectivity index (χ1v) is 27.6. The van der Waals surface area contributed by atoms with E-state index in [-0.39, 0.29) is 107 Å². The first-order valence-electron chi connectivity index (χ1n) is 26.7. The standard InChI is InChI=1S/C58H77N7O11S/c1-35-27-36(2)62-54(69)46(35)30-60-56(71)51-38(4)50(44-11-9-10-12-45(44)51)37(3)41-17-19-64(20-18-41)49(68)33-76-26-24-74-22-21-73-23-25-75-32-48(67)63-53(58(6,7)8)57(72)65-31-43(66)28-47(65)55(70)59-29-40-13-15-42(16-14-40)52-39(5)61-34-77-52/h9-16,27,34,37,41,43,47,50,53,66H,17-26,28-33H2,1-8H3,(H,59,70)(H,60,71)(H,62,69)(H,63,67)/t37?,43-,47+,50?,53-/m1/s1. The van der Waals surface area contributed by atoms with Crippen molar-refractivity contribution < 1.29 is 48.0 Å². The Morgan fingerprint density at radius 1 is 0.857 bits per heavy atom. The topological polar surface area (TPSA) is 231 Å². The molecule has 2 fully saturated rings. The van der Waals surface area contributed by atoms with Crippen molar-refractivity contribution in [2.45, 2.75) is 112 Å². The number of carbonyl (C=O) groups excluding carboxylic acids is 5. The van der Waals surface area contributed by atoms with Gasteiger partial charge in [-0.3, -0.25) is 28.8 Å². The Morgan fingerprint density at radius 3 is 2.14 bits per heavy atom. The van der Waals surface area contributed by atoms with E-state index in [1.165, 1.54) is 4.90 Å². The van der Waals surface area contributed by atoms with Crippen LogP contribution in [0, 0.1) is 38.0 Å². The number of fused-ring (bicyclic) bond motifs is 1. The molecular weight excluding hydrogens is 1000 g/mol. The number of aliphatic hydroxyl groups is 1. The molecule has 0 spiro atoms. The number of thiazole rings is 1. The lowest BCUT2D eigenvalue weighted by Gasteiger charge is -2.37. The van der Waals surface area contributed by atoms with Gasteiger partial charge in [0.2, 0.25) is 23.6 Å². The Bertz CT molecular complexity index is 2800. The first kappa shape index (κ1) is 58.6. The summed E-state index contributed by atoms with van der Waals surface area (Å²) in [6.45, 7) is 18.1. The molecule has 18 nitrogen and oxygen atoms in total. The molecule has 4 heterocycles. The van der Waals surface area contributed by atoms with Crippen LogP contribution in [0.5, 0.6) is 0 Å². The highest BCUT2D eigenvalue weighted by atomic mass is 32.1. The van der Waals surface area contributed by atoms with E-state index in [4.69, 9.17) is 18.9 Å². The van der Waals surface area contributed by atoms with Crippen molar-refractivity contribution in [3.05, 3.63) is 115 Å². The van der Waals surface area contributed by atoms with Crippen LogP contribution < -0.4 is 21.5 Å². The molecular formula is C58H77N7O11S. The number of benzene rings is 2. The number of rotatable bonds is 24. The molecule has 4 aromatic rings. The van der Waals surface area contributed by atoms with Gasteiger partial charge in [0.25, 0.3) is 11.5 Å². The van der Waals surface area contributed by atoms with Crippen LogP contribution in [0.1, 0.15) is 99.0 Å². The predicted octanol–water partition coefficient (Wildman–Crippen LogP) is 5.36. The molecule has 5 amide bonds. The second-order valence-electron chi connectivity index (χ2n) is 21.6. The highest BCUT2D eigenvalue weighted by Crippen LogP contribution is 2.49. The minimum Gasteiger partial charge on any atom is -0.391 e. The molecule has 5 atom stereocenters. The predicted molar refractivity (Wildman–Crippen MR) is 294 cm³/mol. The summed E-state index contributed by atoms with van der Waals surface area (Å²) in [5.41, 5.74) is 9.72. The summed E-state index contributed by atoms with van der Waals surface area (Å²) in [4.78, 5) is 91.4. The number of ether oxygens (including phenoxy) is 4. The summed E-state index contributed by atoms with van der Waals surface area (Å²) < 4.78 is 22.4. The number of piperidine rings is 1. The van der Waals surface area contributed by atoms with Gasteiger partial charge >= 0.3 is 0 Å². The van der Waals surface area contributed by atoms with E-state index >= 15 is 0 Å². The zero-order chi connectivity index (χ0) is 55.4. The van der Waals surface area contributed by atoms with Gasteiger partial charge in [0, 0.05) is 61.9 Å². The summed E-state index contributed by atoms with van der Waals surface area (Å²) in [5, 5.41) is 19.3. The Hall–Kier alpha value is -6.09. The molecule has 2 unspecified atom stereocenters. The van der Waals surface area contributed by atoms with Crippen LogP contribution in [-0.4, -0.2) is 145 Å². The molecule has 19 heteroatoms. The number of aliphatic hydroxyl groups excluding tert-OH is 1. The fraction of sp³-hybridized carbons (Fsp3) is 0.534. The number of hydrogen-bond acceptors (Lipinski definition) is 13. The summed E-state index contributed by atoms with van der Waals surface area (Å²) in [7, 11) is 0. The molecule has 2 aliphatic heterocycles. The van der Waals surface area contributed by atoms with E-state index in [0.717, 1.165) is 62.5 Å². The second-order valence-corrected chi connectivity index (χ2v) is 22.5. The van der Waals surface area contributed by atoms with Crippen LogP contribution >= 0.6 is 11.3 Å². The van der Waals surface area contributed by atoms with Crippen LogP contribution in [-0.2, 0) is 56.0 Å². The molecule has 0 radical (unpaired) electrons. The number of β-amino-alcohol motifs (C(OH)–C–C–N with tert-alkyl or cyclic N) is 1. The number of aromatic nitrogens is 2. The van der Waals surface area contributed by atoms with Crippen molar-refractivity contribution in [3.63, 3.8) is 0 Å². The number of aromatic amines is 1. The lowest BCUT2D eigenvalue weighted by Crippen LogP contribution is -2.58. The molecule has 1 aliphatic carbocycles. The van der Waals surface area contributed by atoms with E-state index in [2.05, 4.69) is 38.9 Å². The van der Waals surface area contributed by atoms with Gasteiger partial charge in [-0.15, -0.1) is 11.3 Å². The molecule has 3 aliphatic rings. The minimum absolute atomic E-state index is 0.0287. The molecule has 5 N–H and O–H groups in total. The van der Waals surface area contributed by atoms with Crippen molar-refractivity contribution in [2.75, 3.05) is 72.5 Å².